The first-order valence-electron chi connectivity index (χ1n) is 3.90. The van der Waals surface area contributed by atoms with Crippen LogP contribution < -0.4 is 0 Å². The maximum Gasteiger partial charge on any atom is 0.391 e. The molecular formula is C8H12F3. The molecule has 1 radical (unpaired) electrons. The summed E-state index contributed by atoms with van der Waals surface area (Å²) in [5.41, 5.74) is 0. The number of hydrogen-bond acceptors (Lipinski definition) is 0. The normalized spacial score (nSPS) is 21.8. The third-order valence-electron chi connectivity index (χ3n) is 2.00. The molecule has 0 aromatic heterocycles. The average molecular weight is 165 g/mol. The van der Waals surface area contributed by atoms with Gasteiger partial charge in [-0.05, 0) is 31.6 Å². The molecule has 65 valence electrons. The fraction of sp³-hybridized carbons (Fsp3) is 0.875. The second-order valence-corrected chi connectivity index (χ2v) is 3.25. The van der Waals surface area contributed by atoms with E-state index in [-0.39, 0.29) is 6.42 Å². The first-order chi connectivity index (χ1) is 5.00. The lowest BCUT2D eigenvalue weighted by Gasteiger charge is -2.14. The Morgan fingerprint density at radius 1 is 1.45 bits per heavy atom. The highest BCUT2D eigenvalue weighted by molar-refractivity contribution is 4.88. The molecule has 0 aliphatic heterocycles. The van der Waals surface area contributed by atoms with Crippen LogP contribution in [0.25, 0.3) is 0 Å². The van der Waals surface area contributed by atoms with Crippen LogP contribution in [0.1, 0.15) is 26.2 Å². The molecular weight excluding hydrogens is 153 g/mol. The minimum atomic E-state index is -4.01. The van der Waals surface area contributed by atoms with Crippen molar-refractivity contribution in [2.24, 2.45) is 11.8 Å². The molecule has 0 N–H and O–H groups in total. The SMILES string of the molecule is CC(C[CH]C1CC1)C(F)(F)F. The van der Waals surface area contributed by atoms with Gasteiger partial charge in [0.05, 0.1) is 5.92 Å². The Morgan fingerprint density at radius 2 is 2.00 bits per heavy atom. The van der Waals surface area contributed by atoms with Crippen molar-refractivity contribution in [1.82, 2.24) is 0 Å². The first-order valence-corrected chi connectivity index (χ1v) is 3.90. The van der Waals surface area contributed by atoms with Crippen molar-refractivity contribution in [2.45, 2.75) is 32.4 Å². The van der Waals surface area contributed by atoms with Gasteiger partial charge in [0.2, 0.25) is 0 Å². The molecule has 0 nitrogen and oxygen atoms in total. The van der Waals surface area contributed by atoms with E-state index in [0.29, 0.717) is 5.92 Å². The second-order valence-electron chi connectivity index (χ2n) is 3.25. The smallest absolute Gasteiger partial charge is 0.171 e. The fourth-order valence-corrected chi connectivity index (χ4v) is 0.862. The van der Waals surface area contributed by atoms with Crippen molar-refractivity contribution >= 4 is 0 Å². The molecule has 0 amide bonds. The highest BCUT2D eigenvalue weighted by Crippen LogP contribution is 2.37. The van der Waals surface area contributed by atoms with E-state index in [2.05, 4.69) is 0 Å². The molecule has 0 aromatic carbocycles. The quantitative estimate of drug-likeness (QED) is 0.602. The van der Waals surface area contributed by atoms with Crippen molar-refractivity contribution in [3.8, 4) is 0 Å². The maximum absolute atomic E-state index is 11.9. The van der Waals surface area contributed by atoms with Gasteiger partial charge in [-0.1, -0.05) is 6.92 Å². The van der Waals surface area contributed by atoms with Crippen LogP contribution in [0.15, 0.2) is 0 Å². The molecule has 0 saturated heterocycles. The van der Waals surface area contributed by atoms with Gasteiger partial charge < -0.3 is 0 Å². The Labute approximate surface area is 64.8 Å². The predicted molar refractivity (Wildman–Crippen MR) is 36.9 cm³/mol. The van der Waals surface area contributed by atoms with Crippen molar-refractivity contribution in [2.75, 3.05) is 0 Å². The zero-order chi connectivity index (χ0) is 8.48. The van der Waals surface area contributed by atoms with Gasteiger partial charge >= 0.3 is 6.18 Å². The van der Waals surface area contributed by atoms with E-state index in [1.165, 1.54) is 6.92 Å². The molecule has 1 aliphatic rings. The van der Waals surface area contributed by atoms with Crippen molar-refractivity contribution in [1.29, 1.82) is 0 Å². The molecule has 3 heteroatoms. The van der Waals surface area contributed by atoms with Gasteiger partial charge in [0, 0.05) is 0 Å². The third kappa shape index (κ3) is 3.12. The summed E-state index contributed by atoms with van der Waals surface area (Å²) in [6.45, 7) is 1.23. The highest BCUT2D eigenvalue weighted by Gasteiger charge is 2.36. The van der Waals surface area contributed by atoms with E-state index in [0.717, 1.165) is 12.8 Å². The average Bonchev–Trinajstić information content (AvgIpc) is 2.62. The van der Waals surface area contributed by atoms with Gasteiger partial charge in [0.25, 0.3) is 0 Å². The van der Waals surface area contributed by atoms with Crippen LogP contribution in [-0.4, -0.2) is 6.18 Å². The van der Waals surface area contributed by atoms with E-state index in [1.54, 1.807) is 6.42 Å². The van der Waals surface area contributed by atoms with Gasteiger partial charge in [-0.3, -0.25) is 0 Å². The van der Waals surface area contributed by atoms with Crippen LogP contribution in [0.5, 0.6) is 0 Å². The molecule has 1 unspecified atom stereocenters. The molecule has 1 saturated carbocycles. The van der Waals surface area contributed by atoms with Gasteiger partial charge in [-0.25, -0.2) is 0 Å². The summed E-state index contributed by atoms with van der Waals surface area (Å²) >= 11 is 0. The lowest BCUT2D eigenvalue weighted by atomic mass is 10.0. The lowest BCUT2D eigenvalue weighted by Crippen LogP contribution is -2.19. The van der Waals surface area contributed by atoms with Crippen molar-refractivity contribution in [3.63, 3.8) is 0 Å². The molecule has 0 aromatic rings. The summed E-state index contributed by atoms with van der Waals surface area (Å²) in [6.07, 6.45) is 0.160. The molecule has 1 fully saturated rings. The van der Waals surface area contributed by atoms with E-state index >= 15 is 0 Å². The minimum Gasteiger partial charge on any atom is -0.171 e. The highest BCUT2D eigenvalue weighted by atomic mass is 19.4. The first kappa shape index (κ1) is 8.88. The fourth-order valence-electron chi connectivity index (χ4n) is 0.862. The molecule has 1 aliphatic carbocycles. The summed E-state index contributed by atoms with van der Waals surface area (Å²) in [4.78, 5) is 0. The Bertz CT molecular complexity index is 124. The monoisotopic (exact) mass is 165 g/mol. The standard InChI is InChI=1S/C8H12F3/c1-6(8(9,10)11)2-3-7-4-5-7/h3,6-7H,2,4-5H2,1H3. The zero-order valence-electron chi connectivity index (χ0n) is 6.49. The van der Waals surface area contributed by atoms with Crippen LogP contribution in [0.3, 0.4) is 0 Å². The molecule has 0 bridgehead atoms. The molecule has 11 heavy (non-hydrogen) atoms. The maximum atomic E-state index is 11.9. The van der Waals surface area contributed by atoms with Crippen LogP contribution in [0.2, 0.25) is 0 Å². The summed E-state index contributed by atoms with van der Waals surface area (Å²) in [5.74, 6) is -0.678. The summed E-state index contributed by atoms with van der Waals surface area (Å²) in [5, 5.41) is 0. The molecule has 1 atom stereocenters. The van der Waals surface area contributed by atoms with Gasteiger partial charge in [0.15, 0.2) is 0 Å². The van der Waals surface area contributed by atoms with Crippen LogP contribution >= 0.6 is 0 Å². The number of halogens is 3. The Morgan fingerprint density at radius 3 is 2.36 bits per heavy atom. The topological polar surface area (TPSA) is 0 Å². The summed E-state index contributed by atoms with van der Waals surface area (Å²) < 4.78 is 35.7. The zero-order valence-corrected chi connectivity index (χ0v) is 6.49. The summed E-state index contributed by atoms with van der Waals surface area (Å²) in [6, 6.07) is 0. The third-order valence-corrected chi connectivity index (χ3v) is 2.00. The Hall–Kier alpha value is -0.210. The van der Waals surface area contributed by atoms with Crippen LogP contribution in [0, 0.1) is 18.3 Å². The van der Waals surface area contributed by atoms with E-state index in [4.69, 9.17) is 0 Å². The lowest BCUT2D eigenvalue weighted by molar-refractivity contribution is -0.169. The molecule has 0 spiro atoms. The summed E-state index contributed by atoms with van der Waals surface area (Å²) in [7, 11) is 0. The van der Waals surface area contributed by atoms with Crippen LogP contribution in [0.4, 0.5) is 13.2 Å². The Kier molecular flexibility index (Phi) is 2.45. The molecule has 0 heterocycles. The second kappa shape index (κ2) is 3.03. The number of alkyl halides is 3. The van der Waals surface area contributed by atoms with E-state index in [9.17, 15) is 13.2 Å². The van der Waals surface area contributed by atoms with Gasteiger partial charge in [0.1, 0.15) is 0 Å². The van der Waals surface area contributed by atoms with Crippen molar-refractivity contribution in [3.05, 3.63) is 6.42 Å². The molecule has 1 rings (SSSR count). The van der Waals surface area contributed by atoms with Crippen LogP contribution in [-0.2, 0) is 0 Å². The minimum absolute atomic E-state index is 0.189. The van der Waals surface area contributed by atoms with Crippen molar-refractivity contribution < 1.29 is 13.2 Å². The van der Waals surface area contributed by atoms with Gasteiger partial charge in [-0.2, -0.15) is 13.2 Å². The largest absolute Gasteiger partial charge is 0.391 e. The number of rotatable bonds is 3. The Balaban J connectivity index is 2.13. The number of hydrogen-bond donors (Lipinski definition) is 0. The van der Waals surface area contributed by atoms with Gasteiger partial charge in [-0.15, -0.1) is 0 Å². The van der Waals surface area contributed by atoms with E-state index < -0.39 is 12.1 Å². The predicted octanol–water partition coefficient (Wildman–Crippen LogP) is 3.19. The van der Waals surface area contributed by atoms with E-state index in [1.807, 2.05) is 0 Å².